The van der Waals surface area contributed by atoms with Gasteiger partial charge in [-0.1, -0.05) is 33.3 Å². The molecule has 1 aromatic carbocycles. The molecule has 0 radical (unpaired) electrons. The standard InChI is InChI=1S/C10H10BrN3/c1-8(14-7-6-12-13-14)9-2-4-10(11)5-3-9/h2-8H,1H3/t8-/m1/s1. The van der Waals surface area contributed by atoms with Gasteiger partial charge in [-0.15, -0.1) is 5.10 Å². The Morgan fingerprint density at radius 2 is 2.00 bits per heavy atom. The van der Waals surface area contributed by atoms with Crippen LogP contribution in [0.15, 0.2) is 41.1 Å². The summed E-state index contributed by atoms with van der Waals surface area (Å²) in [6.45, 7) is 2.10. The van der Waals surface area contributed by atoms with E-state index >= 15 is 0 Å². The highest BCUT2D eigenvalue weighted by atomic mass is 79.9. The first-order valence-electron chi connectivity index (χ1n) is 4.38. The molecule has 0 bridgehead atoms. The molecule has 72 valence electrons. The fraction of sp³-hybridized carbons (Fsp3) is 0.200. The lowest BCUT2D eigenvalue weighted by atomic mass is 10.1. The van der Waals surface area contributed by atoms with Crippen LogP contribution < -0.4 is 0 Å². The molecule has 0 amide bonds. The second-order valence-corrected chi connectivity index (χ2v) is 4.03. The lowest BCUT2D eigenvalue weighted by Crippen LogP contribution is -2.07. The predicted octanol–water partition coefficient (Wildman–Crippen LogP) is 2.65. The Bertz CT molecular complexity index is 394. The molecule has 0 saturated carbocycles. The van der Waals surface area contributed by atoms with Crippen molar-refractivity contribution in [1.82, 2.24) is 15.0 Å². The van der Waals surface area contributed by atoms with E-state index in [1.165, 1.54) is 5.56 Å². The maximum atomic E-state index is 3.97. The van der Waals surface area contributed by atoms with Gasteiger partial charge < -0.3 is 0 Å². The molecule has 0 aliphatic rings. The minimum Gasteiger partial charge on any atom is -0.245 e. The van der Waals surface area contributed by atoms with Crippen molar-refractivity contribution in [2.24, 2.45) is 0 Å². The first-order valence-corrected chi connectivity index (χ1v) is 5.18. The molecule has 0 unspecified atom stereocenters. The van der Waals surface area contributed by atoms with Gasteiger partial charge >= 0.3 is 0 Å². The Morgan fingerprint density at radius 3 is 2.57 bits per heavy atom. The number of hydrogen-bond donors (Lipinski definition) is 0. The van der Waals surface area contributed by atoms with Crippen LogP contribution in [0.3, 0.4) is 0 Å². The van der Waals surface area contributed by atoms with Gasteiger partial charge in [0.2, 0.25) is 0 Å². The molecular formula is C10H10BrN3. The van der Waals surface area contributed by atoms with E-state index in [4.69, 9.17) is 0 Å². The molecule has 3 nitrogen and oxygen atoms in total. The molecule has 4 heteroatoms. The van der Waals surface area contributed by atoms with E-state index in [1.807, 2.05) is 23.0 Å². The molecule has 0 aliphatic carbocycles. The van der Waals surface area contributed by atoms with Crippen molar-refractivity contribution >= 4 is 15.9 Å². The van der Waals surface area contributed by atoms with Crippen molar-refractivity contribution in [2.45, 2.75) is 13.0 Å². The Kier molecular flexibility index (Phi) is 2.63. The Morgan fingerprint density at radius 1 is 1.29 bits per heavy atom. The van der Waals surface area contributed by atoms with Crippen molar-refractivity contribution in [3.63, 3.8) is 0 Å². The quantitative estimate of drug-likeness (QED) is 0.822. The van der Waals surface area contributed by atoms with Gasteiger partial charge in [0.25, 0.3) is 0 Å². The molecule has 1 atom stereocenters. The number of aromatic nitrogens is 3. The zero-order valence-corrected chi connectivity index (χ0v) is 9.35. The maximum Gasteiger partial charge on any atom is 0.0758 e. The second-order valence-electron chi connectivity index (χ2n) is 3.11. The maximum absolute atomic E-state index is 3.97. The molecule has 0 saturated heterocycles. The number of rotatable bonds is 2. The van der Waals surface area contributed by atoms with Crippen LogP contribution in [0.25, 0.3) is 0 Å². The Labute approximate surface area is 90.9 Å². The van der Waals surface area contributed by atoms with Crippen LogP contribution in [0.4, 0.5) is 0 Å². The SMILES string of the molecule is C[C@H](c1ccc(Br)cc1)n1ccnn1. The average Bonchev–Trinajstić information content (AvgIpc) is 2.71. The average molecular weight is 252 g/mol. The van der Waals surface area contributed by atoms with E-state index < -0.39 is 0 Å². The van der Waals surface area contributed by atoms with Gasteiger partial charge in [0.05, 0.1) is 12.2 Å². The summed E-state index contributed by atoms with van der Waals surface area (Å²) in [5.74, 6) is 0. The fourth-order valence-corrected chi connectivity index (χ4v) is 1.58. The lowest BCUT2D eigenvalue weighted by Gasteiger charge is -2.11. The molecule has 2 rings (SSSR count). The molecule has 0 fully saturated rings. The zero-order valence-electron chi connectivity index (χ0n) is 7.76. The summed E-state index contributed by atoms with van der Waals surface area (Å²) in [7, 11) is 0. The van der Waals surface area contributed by atoms with Gasteiger partial charge in [0, 0.05) is 10.7 Å². The van der Waals surface area contributed by atoms with Gasteiger partial charge in [0.15, 0.2) is 0 Å². The van der Waals surface area contributed by atoms with Gasteiger partial charge in [-0.3, -0.25) is 0 Å². The van der Waals surface area contributed by atoms with Crippen molar-refractivity contribution in [3.8, 4) is 0 Å². The first-order chi connectivity index (χ1) is 6.77. The summed E-state index contributed by atoms with van der Waals surface area (Å²) in [6.07, 6.45) is 3.56. The number of nitrogens with zero attached hydrogens (tertiary/aromatic N) is 3. The second kappa shape index (κ2) is 3.92. The minimum absolute atomic E-state index is 0.227. The molecule has 1 heterocycles. The molecule has 0 spiro atoms. The molecular weight excluding hydrogens is 242 g/mol. The third-order valence-electron chi connectivity index (χ3n) is 2.19. The minimum atomic E-state index is 0.227. The topological polar surface area (TPSA) is 30.7 Å². The third-order valence-corrected chi connectivity index (χ3v) is 2.72. The summed E-state index contributed by atoms with van der Waals surface area (Å²) >= 11 is 3.41. The smallest absolute Gasteiger partial charge is 0.0758 e. The van der Waals surface area contributed by atoms with Crippen LogP contribution in [-0.4, -0.2) is 15.0 Å². The summed E-state index contributed by atoms with van der Waals surface area (Å²) in [5, 5.41) is 7.76. The number of halogens is 1. The van der Waals surface area contributed by atoms with Crippen LogP contribution in [0.2, 0.25) is 0 Å². The molecule has 1 aromatic heterocycles. The van der Waals surface area contributed by atoms with Gasteiger partial charge in [-0.05, 0) is 24.6 Å². The Balaban J connectivity index is 2.28. The van der Waals surface area contributed by atoms with Crippen molar-refractivity contribution in [1.29, 1.82) is 0 Å². The van der Waals surface area contributed by atoms with Crippen molar-refractivity contribution in [2.75, 3.05) is 0 Å². The highest BCUT2D eigenvalue weighted by Crippen LogP contribution is 2.18. The van der Waals surface area contributed by atoms with Crippen LogP contribution in [-0.2, 0) is 0 Å². The van der Waals surface area contributed by atoms with Crippen LogP contribution in [0.1, 0.15) is 18.5 Å². The van der Waals surface area contributed by atoms with E-state index in [0.717, 1.165) is 4.47 Å². The Hall–Kier alpha value is -1.16. The number of hydrogen-bond acceptors (Lipinski definition) is 2. The van der Waals surface area contributed by atoms with E-state index in [1.54, 1.807) is 6.20 Å². The predicted molar refractivity (Wildman–Crippen MR) is 58.0 cm³/mol. The molecule has 0 aliphatic heterocycles. The van der Waals surface area contributed by atoms with E-state index in [9.17, 15) is 0 Å². The van der Waals surface area contributed by atoms with E-state index in [2.05, 4.69) is 45.3 Å². The van der Waals surface area contributed by atoms with E-state index in [0.29, 0.717) is 0 Å². The number of benzene rings is 1. The normalized spacial score (nSPS) is 12.7. The highest BCUT2D eigenvalue weighted by Gasteiger charge is 2.06. The van der Waals surface area contributed by atoms with Gasteiger partial charge in [0.1, 0.15) is 0 Å². The lowest BCUT2D eigenvalue weighted by molar-refractivity contribution is 0.543. The molecule has 2 aromatic rings. The summed E-state index contributed by atoms with van der Waals surface area (Å²) in [5.41, 5.74) is 1.22. The molecule has 0 N–H and O–H groups in total. The first kappa shape index (κ1) is 9.40. The fourth-order valence-electron chi connectivity index (χ4n) is 1.32. The monoisotopic (exact) mass is 251 g/mol. The summed E-state index contributed by atoms with van der Waals surface area (Å²) in [6, 6.07) is 8.45. The molecule has 14 heavy (non-hydrogen) atoms. The highest BCUT2D eigenvalue weighted by molar-refractivity contribution is 9.10. The van der Waals surface area contributed by atoms with Crippen molar-refractivity contribution in [3.05, 3.63) is 46.7 Å². The van der Waals surface area contributed by atoms with Gasteiger partial charge in [-0.2, -0.15) is 0 Å². The summed E-state index contributed by atoms with van der Waals surface area (Å²) < 4.78 is 2.93. The van der Waals surface area contributed by atoms with Crippen LogP contribution in [0, 0.1) is 0 Å². The van der Waals surface area contributed by atoms with Gasteiger partial charge in [-0.25, -0.2) is 4.68 Å². The van der Waals surface area contributed by atoms with Crippen LogP contribution >= 0.6 is 15.9 Å². The van der Waals surface area contributed by atoms with E-state index in [-0.39, 0.29) is 6.04 Å². The zero-order chi connectivity index (χ0) is 9.97. The van der Waals surface area contributed by atoms with Crippen molar-refractivity contribution < 1.29 is 0 Å². The van der Waals surface area contributed by atoms with Crippen LogP contribution in [0.5, 0.6) is 0 Å². The summed E-state index contributed by atoms with van der Waals surface area (Å²) in [4.78, 5) is 0. The third kappa shape index (κ3) is 1.85. The largest absolute Gasteiger partial charge is 0.245 e.